The van der Waals surface area contributed by atoms with Crippen molar-refractivity contribution in [1.82, 2.24) is 5.32 Å². The number of rotatable bonds is 9. The van der Waals surface area contributed by atoms with Crippen molar-refractivity contribution in [2.45, 2.75) is 70.2 Å². The van der Waals surface area contributed by atoms with Gasteiger partial charge in [0.05, 0.1) is 20.8 Å². The smallest absolute Gasteiger partial charge is 0.332 e. The average Bonchev–Trinajstić information content (AvgIpc) is 2.84. The minimum atomic E-state index is -1.20. The number of benzene rings is 1. The van der Waals surface area contributed by atoms with Crippen molar-refractivity contribution in [2.75, 3.05) is 20.8 Å². The first-order valence-corrected chi connectivity index (χ1v) is 11.7. The van der Waals surface area contributed by atoms with Crippen LogP contribution >= 0.6 is 0 Å². The highest BCUT2D eigenvalue weighted by Gasteiger charge is 2.54. The molecule has 0 aromatic heterocycles. The van der Waals surface area contributed by atoms with Crippen molar-refractivity contribution in [3.8, 4) is 11.5 Å². The number of carbonyl (C=O) groups excluding carboxylic acids is 2. The molecule has 0 radical (unpaired) electrons. The lowest BCUT2D eigenvalue weighted by Gasteiger charge is -2.51. The number of carboxylic acid groups (broad SMARTS) is 1. The summed E-state index contributed by atoms with van der Waals surface area (Å²) in [5.74, 6) is -2.47. The predicted octanol–water partition coefficient (Wildman–Crippen LogP) is 1.50. The SMILES string of the molecule is COC(=O)C=Cc1ccc(OC2OC3COC(C)(C)OC3C(OC(C)C(=O)O)C2NC(C)=O)c(OC)c1. The summed E-state index contributed by atoms with van der Waals surface area (Å²) >= 11 is 0. The lowest BCUT2D eigenvalue weighted by molar-refractivity contribution is -0.366. The van der Waals surface area contributed by atoms with Crippen molar-refractivity contribution in [2.24, 2.45) is 0 Å². The average molecular weight is 524 g/mol. The maximum atomic E-state index is 12.2. The van der Waals surface area contributed by atoms with Crippen molar-refractivity contribution in [3.05, 3.63) is 29.8 Å². The Hall–Kier alpha value is -3.19. The molecule has 12 nitrogen and oxygen atoms in total. The molecule has 1 aromatic carbocycles. The number of hydrogen-bond acceptors (Lipinski definition) is 10. The fourth-order valence-corrected chi connectivity index (χ4v) is 4.01. The van der Waals surface area contributed by atoms with Crippen LogP contribution in [0.4, 0.5) is 0 Å². The number of carbonyl (C=O) groups is 3. The van der Waals surface area contributed by atoms with E-state index in [1.807, 2.05) is 0 Å². The molecule has 0 aliphatic carbocycles. The summed E-state index contributed by atoms with van der Waals surface area (Å²) in [7, 11) is 2.73. The summed E-state index contributed by atoms with van der Waals surface area (Å²) in [6, 6.07) is 4.00. The molecule has 3 rings (SSSR count). The van der Waals surface area contributed by atoms with E-state index >= 15 is 0 Å². The largest absolute Gasteiger partial charge is 0.493 e. The van der Waals surface area contributed by atoms with E-state index in [9.17, 15) is 19.5 Å². The normalized spacial score (nSPS) is 27.6. The number of ether oxygens (including phenoxy) is 7. The molecule has 12 heteroatoms. The highest BCUT2D eigenvalue weighted by molar-refractivity contribution is 5.87. The number of carboxylic acids is 1. The Balaban J connectivity index is 1.94. The molecule has 1 amide bonds. The second-order valence-corrected chi connectivity index (χ2v) is 9.03. The zero-order valence-electron chi connectivity index (χ0n) is 21.6. The van der Waals surface area contributed by atoms with E-state index in [0.717, 1.165) is 0 Å². The number of amides is 1. The highest BCUT2D eigenvalue weighted by atomic mass is 16.8. The summed E-state index contributed by atoms with van der Waals surface area (Å²) < 4.78 is 40.0. The van der Waals surface area contributed by atoms with Crippen molar-refractivity contribution in [3.63, 3.8) is 0 Å². The summed E-state index contributed by atoms with van der Waals surface area (Å²) in [5, 5.41) is 12.2. The Morgan fingerprint density at radius 1 is 1.22 bits per heavy atom. The van der Waals surface area contributed by atoms with Crippen LogP contribution < -0.4 is 14.8 Å². The molecule has 2 saturated heterocycles. The molecule has 0 bridgehead atoms. The molecule has 0 spiro atoms. The summed E-state index contributed by atoms with van der Waals surface area (Å²) in [5.41, 5.74) is 0.644. The molecule has 37 heavy (non-hydrogen) atoms. The van der Waals surface area contributed by atoms with Crippen LogP contribution in [0.2, 0.25) is 0 Å². The molecule has 6 atom stereocenters. The van der Waals surface area contributed by atoms with E-state index in [-0.39, 0.29) is 12.4 Å². The molecular formula is C25H33NO11. The minimum Gasteiger partial charge on any atom is -0.493 e. The minimum absolute atomic E-state index is 0.125. The quantitative estimate of drug-likeness (QED) is 0.358. The molecule has 0 saturated carbocycles. The number of hydrogen-bond donors (Lipinski definition) is 2. The fourth-order valence-electron chi connectivity index (χ4n) is 4.01. The Labute approximate surface area is 214 Å². The Kier molecular flexibility index (Phi) is 9.13. The number of aliphatic carboxylic acids is 1. The van der Waals surface area contributed by atoms with Gasteiger partial charge in [-0.3, -0.25) is 4.79 Å². The van der Waals surface area contributed by atoms with Crippen LogP contribution in [0.1, 0.15) is 33.3 Å². The van der Waals surface area contributed by atoms with Gasteiger partial charge in [-0.05, 0) is 44.5 Å². The van der Waals surface area contributed by atoms with Crippen LogP contribution in [0.15, 0.2) is 24.3 Å². The van der Waals surface area contributed by atoms with E-state index in [4.69, 9.17) is 28.4 Å². The number of methoxy groups -OCH3 is 2. The monoisotopic (exact) mass is 523 g/mol. The van der Waals surface area contributed by atoms with Gasteiger partial charge in [0.15, 0.2) is 23.4 Å². The molecule has 2 aliphatic rings. The van der Waals surface area contributed by atoms with Crippen LogP contribution in [0.5, 0.6) is 11.5 Å². The van der Waals surface area contributed by atoms with E-state index in [0.29, 0.717) is 11.3 Å². The van der Waals surface area contributed by atoms with Gasteiger partial charge in [-0.25, -0.2) is 9.59 Å². The molecule has 6 unspecified atom stereocenters. The van der Waals surface area contributed by atoms with Crippen LogP contribution in [-0.2, 0) is 38.1 Å². The topological polar surface area (TPSA) is 148 Å². The highest BCUT2D eigenvalue weighted by Crippen LogP contribution is 2.37. The molecule has 1 aromatic rings. The Morgan fingerprint density at radius 3 is 2.57 bits per heavy atom. The predicted molar refractivity (Wildman–Crippen MR) is 128 cm³/mol. The Morgan fingerprint density at radius 2 is 1.95 bits per heavy atom. The van der Waals surface area contributed by atoms with Crippen LogP contribution in [-0.4, -0.2) is 86.3 Å². The zero-order valence-corrected chi connectivity index (χ0v) is 21.6. The van der Waals surface area contributed by atoms with Gasteiger partial charge >= 0.3 is 11.9 Å². The summed E-state index contributed by atoms with van der Waals surface area (Å²) in [6.07, 6.45) is -1.88. The third-order valence-electron chi connectivity index (χ3n) is 5.78. The van der Waals surface area contributed by atoms with Crippen LogP contribution in [0, 0.1) is 0 Å². The van der Waals surface area contributed by atoms with Gasteiger partial charge in [0.25, 0.3) is 0 Å². The van der Waals surface area contributed by atoms with Gasteiger partial charge in [-0.2, -0.15) is 0 Å². The first-order valence-electron chi connectivity index (χ1n) is 11.7. The maximum absolute atomic E-state index is 12.2. The van der Waals surface area contributed by atoms with Gasteiger partial charge in [0, 0.05) is 13.0 Å². The third kappa shape index (κ3) is 7.19. The Bertz CT molecular complexity index is 1020. The van der Waals surface area contributed by atoms with Crippen LogP contribution in [0.3, 0.4) is 0 Å². The van der Waals surface area contributed by atoms with Crippen molar-refractivity contribution < 1.29 is 52.6 Å². The number of fused-ring (bicyclic) bond motifs is 1. The lowest BCUT2D eigenvalue weighted by Crippen LogP contribution is -2.70. The molecular weight excluding hydrogens is 490 g/mol. The first-order chi connectivity index (χ1) is 17.4. The third-order valence-corrected chi connectivity index (χ3v) is 5.78. The van der Waals surface area contributed by atoms with Crippen molar-refractivity contribution >= 4 is 23.9 Å². The second-order valence-electron chi connectivity index (χ2n) is 9.03. The summed E-state index contributed by atoms with van der Waals surface area (Å²) in [4.78, 5) is 35.2. The molecule has 2 aliphatic heterocycles. The van der Waals surface area contributed by atoms with Gasteiger partial charge in [0.1, 0.15) is 24.4 Å². The number of nitrogens with one attached hydrogen (secondary N) is 1. The van der Waals surface area contributed by atoms with E-state index in [1.54, 1.807) is 38.1 Å². The van der Waals surface area contributed by atoms with Gasteiger partial charge in [-0.1, -0.05) is 6.07 Å². The van der Waals surface area contributed by atoms with E-state index < -0.39 is 60.4 Å². The molecule has 204 valence electrons. The maximum Gasteiger partial charge on any atom is 0.332 e. The molecule has 2 fully saturated rings. The zero-order chi connectivity index (χ0) is 27.3. The fraction of sp³-hybridized carbons (Fsp3) is 0.560. The van der Waals surface area contributed by atoms with Crippen molar-refractivity contribution in [1.29, 1.82) is 0 Å². The van der Waals surface area contributed by atoms with Gasteiger partial charge in [0.2, 0.25) is 12.2 Å². The lowest BCUT2D eigenvalue weighted by atomic mass is 9.94. The van der Waals surface area contributed by atoms with E-state index in [1.165, 1.54) is 34.1 Å². The van der Waals surface area contributed by atoms with Gasteiger partial charge < -0.3 is 43.6 Å². The standard InChI is InChI=1S/C25H33NO11/c1-13(23(29)30)34-22-20(26-14(2)27)24(36-18-12-33-25(3,4)37-21(18)22)35-16-9-7-15(11-17(16)31-5)8-10-19(28)32-6/h7-11,13,18,20-22,24H,12H2,1-6H3,(H,26,27)(H,29,30). The second kappa shape index (κ2) is 11.9. The summed E-state index contributed by atoms with van der Waals surface area (Å²) in [6.45, 7) is 6.27. The van der Waals surface area contributed by atoms with Crippen LogP contribution in [0.25, 0.3) is 6.08 Å². The molecule has 2 N–H and O–H groups in total. The molecule has 2 heterocycles. The van der Waals surface area contributed by atoms with E-state index in [2.05, 4.69) is 10.1 Å². The van der Waals surface area contributed by atoms with Gasteiger partial charge in [-0.15, -0.1) is 0 Å². The first kappa shape index (κ1) is 28.4. The number of esters is 1.